The van der Waals surface area contributed by atoms with Crippen LogP contribution >= 0.6 is 0 Å². The Morgan fingerprint density at radius 2 is 1.77 bits per heavy atom. The molecule has 0 aliphatic heterocycles. The number of aliphatic carboxylic acids is 1. The third-order valence-electron chi connectivity index (χ3n) is 4.03. The monoisotopic (exact) mass is 332 g/mol. The summed E-state index contributed by atoms with van der Waals surface area (Å²) in [5.74, 6) is -0.859. The van der Waals surface area contributed by atoms with E-state index in [1.807, 2.05) is 0 Å². The molecule has 0 aromatic heterocycles. The number of hydrogen-bond donors (Lipinski definition) is 3. The highest BCUT2D eigenvalue weighted by Crippen LogP contribution is 2.37. The fourth-order valence-electron chi connectivity index (χ4n) is 1.70. The Morgan fingerprint density at radius 3 is 2.18 bits per heavy atom. The van der Waals surface area contributed by atoms with Crippen molar-refractivity contribution in [2.45, 2.75) is 83.4 Å². The third-order valence-corrected chi connectivity index (χ3v) is 8.53. The minimum atomic E-state index is -2.02. The number of carbonyl (C=O) groups is 1. The van der Waals surface area contributed by atoms with Crippen LogP contribution < -0.4 is 0 Å². The van der Waals surface area contributed by atoms with E-state index in [9.17, 15) is 15.0 Å². The summed E-state index contributed by atoms with van der Waals surface area (Å²) in [7, 11) is -2.02. The van der Waals surface area contributed by atoms with Crippen molar-refractivity contribution in [2.24, 2.45) is 0 Å². The maximum Gasteiger partial charge on any atom is 0.303 e. The van der Waals surface area contributed by atoms with Crippen molar-refractivity contribution in [3.05, 3.63) is 12.2 Å². The summed E-state index contributed by atoms with van der Waals surface area (Å²) in [5, 5.41) is 28.0. The summed E-state index contributed by atoms with van der Waals surface area (Å²) in [6.45, 7) is 12.2. The van der Waals surface area contributed by atoms with Crippen molar-refractivity contribution in [1.82, 2.24) is 0 Å². The number of rotatable bonds is 9. The van der Waals surface area contributed by atoms with Crippen LogP contribution in [0.2, 0.25) is 18.1 Å². The molecule has 3 N–H and O–H groups in total. The quantitative estimate of drug-likeness (QED) is 0.446. The third kappa shape index (κ3) is 8.68. The van der Waals surface area contributed by atoms with E-state index in [0.29, 0.717) is 6.42 Å². The molecule has 6 heteroatoms. The van der Waals surface area contributed by atoms with E-state index in [2.05, 4.69) is 33.9 Å². The first-order chi connectivity index (χ1) is 9.85. The lowest BCUT2D eigenvalue weighted by molar-refractivity contribution is -0.137. The maximum absolute atomic E-state index is 10.8. The van der Waals surface area contributed by atoms with E-state index < -0.39 is 26.5 Å². The minimum Gasteiger partial charge on any atom is -0.481 e. The van der Waals surface area contributed by atoms with Gasteiger partial charge in [-0.3, -0.25) is 4.79 Å². The molecule has 0 aliphatic rings. The average Bonchev–Trinajstić information content (AvgIpc) is 2.29. The molecule has 0 spiro atoms. The molecule has 0 aliphatic carbocycles. The summed E-state index contributed by atoms with van der Waals surface area (Å²) in [6.07, 6.45) is 2.30. The van der Waals surface area contributed by atoms with E-state index >= 15 is 0 Å². The Bertz CT molecular complexity index is 371. The highest BCUT2D eigenvalue weighted by atomic mass is 28.4. The van der Waals surface area contributed by atoms with Crippen LogP contribution in [0.3, 0.4) is 0 Å². The van der Waals surface area contributed by atoms with Crippen LogP contribution in [-0.2, 0) is 9.22 Å². The Labute approximate surface area is 135 Å². The molecule has 0 bridgehead atoms. The Hall–Kier alpha value is -0.693. The summed E-state index contributed by atoms with van der Waals surface area (Å²) >= 11 is 0. The predicted molar refractivity (Wildman–Crippen MR) is 90.4 cm³/mol. The van der Waals surface area contributed by atoms with E-state index in [1.165, 1.54) is 0 Å². The molecular weight excluding hydrogens is 300 g/mol. The van der Waals surface area contributed by atoms with Gasteiger partial charge in [0, 0.05) is 12.8 Å². The zero-order chi connectivity index (χ0) is 17.6. The lowest BCUT2D eigenvalue weighted by Gasteiger charge is -2.38. The molecule has 3 atom stereocenters. The zero-order valence-electron chi connectivity index (χ0n) is 14.7. The predicted octanol–water partition coefficient (Wildman–Crippen LogP) is 2.93. The number of aliphatic hydroxyl groups is 2. The number of carboxylic acids is 1. The van der Waals surface area contributed by atoms with Crippen LogP contribution in [0.15, 0.2) is 12.2 Å². The fraction of sp³-hybridized carbons (Fsp3) is 0.812. The molecule has 0 aromatic rings. The highest BCUT2D eigenvalue weighted by molar-refractivity contribution is 6.74. The van der Waals surface area contributed by atoms with Crippen LogP contribution in [0.5, 0.6) is 0 Å². The number of carboxylic acid groups (broad SMARTS) is 1. The first-order valence-electron chi connectivity index (χ1n) is 7.79. The van der Waals surface area contributed by atoms with Crippen LogP contribution in [0.1, 0.15) is 47.0 Å². The van der Waals surface area contributed by atoms with Gasteiger partial charge in [-0.15, -0.1) is 0 Å². The molecule has 0 rings (SSSR count). The largest absolute Gasteiger partial charge is 0.481 e. The molecule has 0 saturated carbocycles. The van der Waals surface area contributed by atoms with Gasteiger partial charge in [0.15, 0.2) is 8.32 Å². The second-order valence-corrected chi connectivity index (χ2v) is 12.1. The van der Waals surface area contributed by atoms with Crippen molar-refractivity contribution >= 4 is 14.3 Å². The normalized spacial score (nSPS) is 17.5. The van der Waals surface area contributed by atoms with E-state index in [0.717, 1.165) is 0 Å². The number of hydrogen-bond acceptors (Lipinski definition) is 4. The van der Waals surface area contributed by atoms with Gasteiger partial charge in [-0.2, -0.15) is 0 Å². The molecular formula is C16H32O5Si. The van der Waals surface area contributed by atoms with Crippen LogP contribution in [0.4, 0.5) is 0 Å². The molecule has 0 radical (unpaired) electrons. The molecule has 5 nitrogen and oxygen atoms in total. The van der Waals surface area contributed by atoms with Crippen LogP contribution in [0.25, 0.3) is 0 Å². The van der Waals surface area contributed by atoms with Crippen molar-refractivity contribution in [2.75, 3.05) is 0 Å². The van der Waals surface area contributed by atoms with Gasteiger partial charge in [0.2, 0.25) is 0 Å². The second-order valence-electron chi connectivity index (χ2n) is 7.39. The Kier molecular flexibility index (Phi) is 8.54. The minimum absolute atomic E-state index is 0.0239. The topological polar surface area (TPSA) is 87.0 Å². The Balaban J connectivity index is 4.90. The van der Waals surface area contributed by atoms with Gasteiger partial charge < -0.3 is 19.7 Å². The smallest absolute Gasteiger partial charge is 0.303 e. The molecule has 130 valence electrons. The Morgan fingerprint density at radius 1 is 1.23 bits per heavy atom. The first-order valence-corrected chi connectivity index (χ1v) is 10.7. The summed E-state index contributed by atoms with van der Waals surface area (Å²) in [5.41, 5.74) is 0. The molecule has 0 unspecified atom stereocenters. The van der Waals surface area contributed by atoms with Crippen molar-refractivity contribution in [1.29, 1.82) is 0 Å². The summed E-state index contributed by atoms with van der Waals surface area (Å²) in [4.78, 5) is 10.8. The van der Waals surface area contributed by atoms with Gasteiger partial charge in [0.05, 0.1) is 18.3 Å². The first kappa shape index (κ1) is 21.3. The van der Waals surface area contributed by atoms with Gasteiger partial charge in [-0.1, -0.05) is 32.9 Å². The van der Waals surface area contributed by atoms with Gasteiger partial charge >= 0.3 is 5.97 Å². The average molecular weight is 333 g/mol. The highest BCUT2D eigenvalue weighted by Gasteiger charge is 2.38. The number of aliphatic hydroxyl groups excluding tert-OH is 2. The van der Waals surface area contributed by atoms with Gasteiger partial charge in [0.25, 0.3) is 0 Å². The lowest BCUT2D eigenvalue weighted by atomic mass is 10.1. The van der Waals surface area contributed by atoms with Crippen LogP contribution in [-0.4, -0.2) is 47.9 Å². The molecule has 0 fully saturated rings. The van der Waals surface area contributed by atoms with E-state index in [1.54, 1.807) is 19.1 Å². The van der Waals surface area contributed by atoms with Crippen molar-refractivity contribution in [3.8, 4) is 0 Å². The van der Waals surface area contributed by atoms with Gasteiger partial charge in [-0.25, -0.2) is 0 Å². The van der Waals surface area contributed by atoms with Crippen molar-refractivity contribution in [3.63, 3.8) is 0 Å². The standard InChI is InChI=1S/C16H32O5Si/c1-12(17)11-13(18)7-8-14(9-10-15(19)20)21-22(5,6)16(2,3)4/h7-8,12-14,17-18H,9-11H2,1-6H3,(H,19,20)/b8-7+/t12-,13-,14-/m1/s1. The molecule has 0 heterocycles. The lowest BCUT2D eigenvalue weighted by Crippen LogP contribution is -2.43. The maximum atomic E-state index is 10.8. The summed E-state index contributed by atoms with van der Waals surface area (Å²) in [6, 6.07) is 0. The second kappa shape index (κ2) is 8.81. The summed E-state index contributed by atoms with van der Waals surface area (Å²) < 4.78 is 6.22. The van der Waals surface area contributed by atoms with E-state index in [4.69, 9.17) is 9.53 Å². The van der Waals surface area contributed by atoms with Crippen LogP contribution in [0, 0.1) is 0 Å². The molecule has 0 amide bonds. The molecule has 0 saturated heterocycles. The fourth-order valence-corrected chi connectivity index (χ4v) is 3.00. The molecule has 0 aromatic carbocycles. The van der Waals surface area contributed by atoms with Crippen molar-refractivity contribution < 1.29 is 24.5 Å². The van der Waals surface area contributed by atoms with Gasteiger partial charge in [-0.05, 0) is 31.5 Å². The van der Waals surface area contributed by atoms with E-state index in [-0.39, 0.29) is 24.0 Å². The zero-order valence-corrected chi connectivity index (χ0v) is 15.7. The SMILES string of the molecule is C[C@@H](O)C[C@H](O)/C=C/[C@H](CCC(=O)O)O[Si](C)(C)C(C)(C)C. The molecule has 22 heavy (non-hydrogen) atoms. The van der Waals surface area contributed by atoms with Gasteiger partial charge in [0.1, 0.15) is 0 Å².